The minimum atomic E-state index is 0.466. The van der Waals surface area contributed by atoms with E-state index in [-0.39, 0.29) is 0 Å². The van der Waals surface area contributed by atoms with E-state index in [0.717, 1.165) is 29.4 Å². The molecule has 2 heterocycles. The summed E-state index contributed by atoms with van der Waals surface area (Å²) < 4.78 is 0. The van der Waals surface area contributed by atoms with Gasteiger partial charge in [-0.3, -0.25) is 0 Å². The van der Waals surface area contributed by atoms with Gasteiger partial charge in [0.05, 0.1) is 5.56 Å². The first-order chi connectivity index (χ1) is 8.16. The van der Waals surface area contributed by atoms with Gasteiger partial charge in [0.2, 0.25) is 0 Å². The van der Waals surface area contributed by atoms with Crippen molar-refractivity contribution in [3.05, 3.63) is 23.4 Å². The highest BCUT2D eigenvalue weighted by Gasteiger charge is 2.39. The van der Waals surface area contributed by atoms with Crippen LogP contribution >= 0.6 is 12.2 Å². The number of nitrogens with zero attached hydrogens (tertiary/aromatic N) is 2. The monoisotopic (exact) mass is 247 g/mol. The summed E-state index contributed by atoms with van der Waals surface area (Å²) in [5.41, 5.74) is 7.94. The van der Waals surface area contributed by atoms with Gasteiger partial charge in [0.1, 0.15) is 10.8 Å². The molecule has 17 heavy (non-hydrogen) atoms. The number of hydrogen-bond acceptors (Lipinski definition) is 3. The molecule has 2 bridgehead atoms. The molecule has 0 amide bonds. The fraction of sp³-hybridized carbons (Fsp3) is 0.538. The van der Waals surface area contributed by atoms with Gasteiger partial charge in [0, 0.05) is 18.8 Å². The molecular formula is C13H17N3S. The number of nitrogens with two attached hydrogens (primary N) is 1. The van der Waals surface area contributed by atoms with Gasteiger partial charge in [-0.05, 0) is 43.7 Å². The van der Waals surface area contributed by atoms with Gasteiger partial charge in [0.15, 0.2) is 0 Å². The van der Waals surface area contributed by atoms with Gasteiger partial charge in [-0.1, -0.05) is 12.2 Å². The number of rotatable bonds is 2. The third-order valence-electron chi connectivity index (χ3n) is 4.07. The van der Waals surface area contributed by atoms with Crippen LogP contribution in [0, 0.1) is 12.8 Å². The zero-order valence-corrected chi connectivity index (χ0v) is 10.8. The van der Waals surface area contributed by atoms with Crippen molar-refractivity contribution in [3.8, 4) is 0 Å². The Morgan fingerprint density at radius 2 is 2.35 bits per heavy atom. The quantitative estimate of drug-likeness (QED) is 0.812. The molecule has 4 heteroatoms. The van der Waals surface area contributed by atoms with Crippen LogP contribution in [0.15, 0.2) is 12.3 Å². The van der Waals surface area contributed by atoms with Crippen molar-refractivity contribution in [3.63, 3.8) is 0 Å². The molecule has 0 spiro atoms. The number of pyridine rings is 1. The highest BCUT2D eigenvalue weighted by Crippen LogP contribution is 2.40. The number of aromatic nitrogens is 1. The van der Waals surface area contributed by atoms with Crippen molar-refractivity contribution < 1.29 is 0 Å². The third-order valence-corrected chi connectivity index (χ3v) is 4.27. The molecule has 2 atom stereocenters. The van der Waals surface area contributed by atoms with Gasteiger partial charge in [-0.25, -0.2) is 4.98 Å². The second-order valence-electron chi connectivity index (χ2n) is 5.18. The first-order valence-electron chi connectivity index (χ1n) is 6.19. The van der Waals surface area contributed by atoms with E-state index in [1.54, 1.807) is 0 Å². The average molecular weight is 247 g/mol. The van der Waals surface area contributed by atoms with E-state index >= 15 is 0 Å². The molecule has 0 radical (unpaired) electrons. The topological polar surface area (TPSA) is 42.2 Å². The van der Waals surface area contributed by atoms with Crippen LogP contribution < -0.4 is 10.6 Å². The Kier molecular flexibility index (Phi) is 2.54. The van der Waals surface area contributed by atoms with E-state index < -0.39 is 0 Å². The lowest BCUT2D eigenvalue weighted by Crippen LogP contribution is -2.34. The van der Waals surface area contributed by atoms with Crippen LogP contribution in [0.5, 0.6) is 0 Å². The highest BCUT2D eigenvalue weighted by molar-refractivity contribution is 7.80. The number of piperidine rings is 1. The van der Waals surface area contributed by atoms with Crippen molar-refractivity contribution >= 4 is 23.0 Å². The molecule has 1 saturated carbocycles. The van der Waals surface area contributed by atoms with Crippen molar-refractivity contribution in [2.24, 2.45) is 11.7 Å². The van der Waals surface area contributed by atoms with Crippen LogP contribution in [0.1, 0.15) is 30.4 Å². The van der Waals surface area contributed by atoms with Crippen molar-refractivity contribution in [2.75, 3.05) is 11.4 Å². The summed E-state index contributed by atoms with van der Waals surface area (Å²) in [5, 5.41) is 0. The maximum absolute atomic E-state index is 5.85. The standard InChI is InChI=1S/C13H17N3S/c1-8-4-5-15-13(11(8)12(14)17)16-7-9-2-3-10(16)6-9/h4-5,9-10H,2-3,6-7H2,1H3,(H2,14,17). The first-order valence-corrected chi connectivity index (χ1v) is 6.59. The van der Waals surface area contributed by atoms with Gasteiger partial charge < -0.3 is 10.6 Å². The minimum absolute atomic E-state index is 0.466. The maximum Gasteiger partial charge on any atom is 0.139 e. The Hall–Kier alpha value is -1.16. The van der Waals surface area contributed by atoms with Crippen LogP contribution in [0.2, 0.25) is 0 Å². The van der Waals surface area contributed by atoms with E-state index in [0.29, 0.717) is 11.0 Å². The smallest absolute Gasteiger partial charge is 0.139 e. The molecule has 1 saturated heterocycles. The molecule has 3 rings (SSSR count). The summed E-state index contributed by atoms with van der Waals surface area (Å²) in [6.07, 6.45) is 5.83. The number of fused-ring (bicyclic) bond motifs is 2. The first kappa shape index (κ1) is 11.0. The lowest BCUT2D eigenvalue weighted by atomic mass is 10.1. The molecule has 2 unspecified atom stereocenters. The van der Waals surface area contributed by atoms with Gasteiger partial charge in [0.25, 0.3) is 0 Å². The second kappa shape index (κ2) is 3.95. The molecule has 1 aromatic heterocycles. The van der Waals surface area contributed by atoms with Gasteiger partial charge >= 0.3 is 0 Å². The molecule has 1 aliphatic carbocycles. The fourth-order valence-corrected chi connectivity index (χ4v) is 3.50. The van der Waals surface area contributed by atoms with Gasteiger partial charge in [-0.15, -0.1) is 0 Å². The molecule has 2 fully saturated rings. The number of anilines is 1. The zero-order valence-electron chi connectivity index (χ0n) is 10.0. The number of thiocarbonyl (C=S) groups is 1. The van der Waals surface area contributed by atoms with Crippen molar-refractivity contribution in [1.29, 1.82) is 0 Å². The third kappa shape index (κ3) is 1.71. The normalized spacial score (nSPS) is 26.5. The lowest BCUT2D eigenvalue weighted by Gasteiger charge is -2.30. The van der Waals surface area contributed by atoms with Crippen LogP contribution in [0.3, 0.4) is 0 Å². The van der Waals surface area contributed by atoms with Gasteiger partial charge in [-0.2, -0.15) is 0 Å². The summed E-state index contributed by atoms with van der Waals surface area (Å²) in [5.74, 6) is 1.85. The van der Waals surface area contributed by atoms with E-state index in [9.17, 15) is 0 Å². The lowest BCUT2D eigenvalue weighted by molar-refractivity contribution is 0.550. The molecule has 1 aliphatic heterocycles. The molecule has 1 aromatic rings. The summed E-state index contributed by atoms with van der Waals surface area (Å²) >= 11 is 5.17. The summed E-state index contributed by atoms with van der Waals surface area (Å²) in [6, 6.07) is 2.63. The number of hydrogen-bond donors (Lipinski definition) is 1. The Labute approximate surface area is 107 Å². The van der Waals surface area contributed by atoms with Crippen molar-refractivity contribution in [2.45, 2.75) is 32.2 Å². The summed E-state index contributed by atoms with van der Waals surface area (Å²) in [6.45, 7) is 3.17. The Balaban J connectivity index is 2.03. The minimum Gasteiger partial charge on any atom is -0.389 e. The number of aryl methyl sites for hydroxylation is 1. The van der Waals surface area contributed by atoms with Crippen LogP contribution in [0.4, 0.5) is 5.82 Å². The fourth-order valence-electron chi connectivity index (χ4n) is 3.25. The predicted molar refractivity (Wildman–Crippen MR) is 73.3 cm³/mol. The SMILES string of the molecule is Cc1ccnc(N2CC3CCC2C3)c1C(N)=S. The van der Waals surface area contributed by atoms with E-state index in [4.69, 9.17) is 18.0 Å². The molecule has 90 valence electrons. The van der Waals surface area contributed by atoms with E-state index in [1.165, 1.54) is 19.3 Å². The Morgan fingerprint density at radius 1 is 1.53 bits per heavy atom. The average Bonchev–Trinajstić information content (AvgIpc) is 2.89. The van der Waals surface area contributed by atoms with Crippen LogP contribution in [-0.4, -0.2) is 22.6 Å². The molecule has 0 aromatic carbocycles. The summed E-state index contributed by atoms with van der Waals surface area (Å²) in [7, 11) is 0. The molecule has 3 nitrogen and oxygen atoms in total. The maximum atomic E-state index is 5.85. The summed E-state index contributed by atoms with van der Waals surface area (Å²) in [4.78, 5) is 7.40. The van der Waals surface area contributed by atoms with Crippen LogP contribution in [0.25, 0.3) is 0 Å². The zero-order chi connectivity index (χ0) is 12.0. The van der Waals surface area contributed by atoms with E-state index in [2.05, 4.69) is 9.88 Å². The van der Waals surface area contributed by atoms with Crippen LogP contribution in [-0.2, 0) is 0 Å². The molecule has 2 N–H and O–H groups in total. The Morgan fingerprint density at radius 3 is 2.94 bits per heavy atom. The highest BCUT2D eigenvalue weighted by atomic mass is 32.1. The largest absolute Gasteiger partial charge is 0.389 e. The Bertz CT molecular complexity index is 472. The predicted octanol–water partition coefficient (Wildman–Crippen LogP) is 2.01. The van der Waals surface area contributed by atoms with E-state index in [1.807, 2.05) is 19.2 Å². The molecular weight excluding hydrogens is 230 g/mol. The van der Waals surface area contributed by atoms with Crippen molar-refractivity contribution in [1.82, 2.24) is 4.98 Å². The second-order valence-corrected chi connectivity index (χ2v) is 5.62. The molecule has 2 aliphatic rings.